The van der Waals surface area contributed by atoms with Crippen LogP contribution >= 0.6 is 11.6 Å². The number of oxime groups is 1. The molecule has 0 saturated heterocycles. The van der Waals surface area contributed by atoms with Gasteiger partial charge in [-0.25, -0.2) is 9.59 Å². The summed E-state index contributed by atoms with van der Waals surface area (Å²) in [6.45, 7) is 0. The minimum absolute atomic E-state index is 0.305. The summed E-state index contributed by atoms with van der Waals surface area (Å²) in [7, 11) is 0.901. The maximum absolute atomic E-state index is 12.7. The van der Waals surface area contributed by atoms with E-state index in [9.17, 15) is 35.9 Å². The second-order valence-corrected chi connectivity index (χ2v) is 5.97. The van der Waals surface area contributed by atoms with Crippen LogP contribution in [0, 0.1) is 0 Å². The Labute approximate surface area is 174 Å². The summed E-state index contributed by atoms with van der Waals surface area (Å²) in [5, 5.41) is 4.45. The second-order valence-electron chi connectivity index (χ2n) is 5.57. The van der Waals surface area contributed by atoms with E-state index >= 15 is 0 Å². The van der Waals surface area contributed by atoms with Crippen molar-refractivity contribution in [2.24, 2.45) is 5.16 Å². The Hall–Kier alpha value is -3.35. The predicted octanol–water partition coefficient (Wildman–Crippen LogP) is 4.90. The summed E-state index contributed by atoms with van der Waals surface area (Å²) >= 11 is 5.72. The molecule has 7 nitrogen and oxygen atoms in total. The molecule has 0 atom stereocenters. The van der Waals surface area contributed by atoms with Crippen molar-refractivity contribution < 1.29 is 45.5 Å². The Morgan fingerprint density at radius 2 is 1.71 bits per heavy atom. The number of aromatic nitrogens is 1. The van der Waals surface area contributed by atoms with E-state index < -0.39 is 52.0 Å². The van der Waals surface area contributed by atoms with Crippen LogP contribution in [0.4, 0.5) is 36.8 Å². The maximum atomic E-state index is 12.7. The number of nitrogens with one attached hydrogen (secondary N) is 1. The van der Waals surface area contributed by atoms with E-state index in [2.05, 4.69) is 19.7 Å². The minimum Gasteiger partial charge on any atom is -0.464 e. The molecule has 1 aromatic heterocycles. The Balaban J connectivity index is 2.26. The molecule has 0 aliphatic rings. The molecule has 1 heterocycles. The zero-order valence-corrected chi connectivity index (χ0v) is 15.9. The number of hydrogen-bond acceptors (Lipinski definition) is 6. The third-order valence-corrected chi connectivity index (χ3v) is 3.72. The van der Waals surface area contributed by atoms with E-state index in [0.717, 1.165) is 25.3 Å². The van der Waals surface area contributed by atoms with Crippen molar-refractivity contribution in [3.8, 4) is 0 Å². The zero-order chi connectivity index (χ0) is 23.4. The van der Waals surface area contributed by atoms with Crippen LogP contribution in [0.3, 0.4) is 0 Å². The summed E-state index contributed by atoms with van der Waals surface area (Å²) in [5.74, 6) is -1.26. The number of alkyl halides is 6. The van der Waals surface area contributed by atoms with Crippen LogP contribution in [0.1, 0.15) is 16.8 Å². The van der Waals surface area contributed by atoms with Crippen LogP contribution in [-0.2, 0) is 26.7 Å². The molecule has 1 aromatic carbocycles. The van der Waals surface area contributed by atoms with Gasteiger partial charge in [0.05, 0.1) is 23.3 Å². The highest BCUT2D eigenvalue weighted by atomic mass is 35.5. The van der Waals surface area contributed by atoms with E-state index in [-0.39, 0.29) is 5.69 Å². The normalized spacial score (nSPS) is 12.3. The van der Waals surface area contributed by atoms with E-state index in [1.807, 2.05) is 5.32 Å². The molecule has 31 heavy (non-hydrogen) atoms. The summed E-state index contributed by atoms with van der Waals surface area (Å²) in [6, 6.07) is 3.98. The van der Waals surface area contributed by atoms with Crippen molar-refractivity contribution in [3.63, 3.8) is 0 Å². The average molecular weight is 470 g/mol. The lowest BCUT2D eigenvalue weighted by atomic mass is 10.2. The molecule has 1 N–H and O–H groups in total. The first-order valence-electron chi connectivity index (χ1n) is 7.87. The fourth-order valence-electron chi connectivity index (χ4n) is 2.04. The monoisotopic (exact) mass is 469 g/mol. The SMILES string of the molecule is COC(=O)/C(=N/OC(=O)Nc1cccc(C(F)(F)F)c1)c1ncc(C(F)(F)F)cc1Cl. The smallest absolute Gasteiger partial charge is 0.437 e. The van der Waals surface area contributed by atoms with Crippen molar-refractivity contribution >= 4 is 35.1 Å². The first-order valence-corrected chi connectivity index (χ1v) is 8.25. The Morgan fingerprint density at radius 3 is 2.26 bits per heavy atom. The molecular weight excluding hydrogens is 460 g/mol. The Bertz CT molecular complexity index is 1020. The van der Waals surface area contributed by atoms with Crippen LogP contribution in [0.5, 0.6) is 0 Å². The number of ether oxygens (including phenoxy) is 1. The Morgan fingerprint density at radius 1 is 1.06 bits per heavy atom. The van der Waals surface area contributed by atoms with Crippen molar-refractivity contribution in [2.45, 2.75) is 12.4 Å². The van der Waals surface area contributed by atoms with E-state index in [4.69, 9.17) is 11.6 Å². The molecule has 0 saturated carbocycles. The van der Waals surface area contributed by atoms with E-state index in [1.54, 1.807) is 0 Å². The van der Waals surface area contributed by atoms with E-state index in [1.165, 1.54) is 0 Å². The molecule has 2 aromatic rings. The van der Waals surface area contributed by atoms with Crippen LogP contribution in [0.25, 0.3) is 0 Å². The highest BCUT2D eigenvalue weighted by molar-refractivity contribution is 6.46. The molecule has 0 bridgehead atoms. The molecule has 1 amide bonds. The number of nitrogens with zero attached hydrogens (tertiary/aromatic N) is 2. The molecular formula is C17H10ClF6N3O4. The third kappa shape index (κ3) is 6.31. The van der Waals surface area contributed by atoms with Gasteiger partial charge in [-0.1, -0.05) is 22.8 Å². The summed E-state index contributed by atoms with van der Waals surface area (Å²) < 4.78 is 80.7. The number of benzene rings is 1. The van der Waals surface area contributed by atoms with Crippen LogP contribution in [0.15, 0.2) is 41.7 Å². The van der Waals surface area contributed by atoms with E-state index in [0.29, 0.717) is 18.3 Å². The number of rotatable bonds is 4. The molecule has 2 rings (SSSR count). The van der Waals surface area contributed by atoms with Crippen molar-refractivity contribution in [2.75, 3.05) is 12.4 Å². The standard InChI is InChI=1S/C17H10ClF6N3O4/c1-30-14(28)13(12-11(18)6-9(7-25-12)17(22,23)24)27-31-15(29)26-10-4-2-3-8(5-10)16(19,20)21/h2-7H,1H3,(H,26,29)/b27-13+. The molecule has 0 fully saturated rings. The number of hydrogen-bond donors (Lipinski definition) is 1. The largest absolute Gasteiger partial charge is 0.464 e. The number of esters is 1. The summed E-state index contributed by atoms with van der Waals surface area (Å²) in [5.41, 5.74) is -4.02. The minimum atomic E-state index is -4.76. The topological polar surface area (TPSA) is 89.9 Å². The van der Waals surface area contributed by atoms with Crippen molar-refractivity contribution in [1.82, 2.24) is 4.98 Å². The fraction of sp³-hybridized carbons (Fsp3) is 0.176. The first kappa shape index (κ1) is 23.9. The molecule has 0 aliphatic heterocycles. The first-order chi connectivity index (χ1) is 14.3. The quantitative estimate of drug-likeness (QED) is 0.226. The van der Waals surface area contributed by atoms with Crippen LogP contribution in [-0.4, -0.2) is 29.9 Å². The van der Waals surface area contributed by atoms with Gasteiger partial charge in [0, 0.05) is 11.9 Å². The maximum Gasteiger partial charge on any atom is 0.437 e. The number of anilines is 1. The lowest BCUT2D eigenvalue weighted by molar-refractivity contribution is -0.138. The lowest BCUT2D eigenvalue weighted by Gasteiger charge is -2.10. The highest BCUT2D eigenvalue weighted by Gasteiger charge is 2.33. The number of pyridine rings is 1. The third-order valence-electron chi connectivity index (χ3n) is 3.43. The van der Waals surface area contributed by atoms with Gasteiger partial charge in [0.1, 0.15) is 5.69 Å². The second kappa shape index (κ2) is 9.20. The average Bonchev–Trinajstić information content (AvgIpc) is 2.67. The molecule has 0 aliphatic carbocycles. The van der Waals surface area contributed by atoms with Gasteiger partial charge in [-0.05, 0) is 24.3 Å². The van der Waals surface area contributed by atoms with Gasteiger partial charge in [0.25, 0.3) is 0 Å². The summed E-state index contributed by atoms with van der Waals surface area (Å²) in [6.07, 6.45) is -10.5. The number of halogens is 7. The highest BCUT2D eigenvalue weighted by Crippen LogP contribution is 2.32. The van der Waals surface area contributed by atoms with Gasteiger partial charge in [-0.3, -0.25) is 15.1 Å². The van der Waals surface area contributed by atoms with Crippen molar-refractivity contribution in [3.05, 3.63) is 58.4 Å². The number of methoxy groups -OCH3 is 1. The number of carbonyl (C=O) groups is 2. The number of carbonyl (C=O) groups excluding carboxylic acids is 2. The summed E-state index contributed by atoms with van der Waals surface area (Å²) in [4.78, 5) is 31.5. The van der Waals surface area contributed by atoms with Gasteiger partial charge >= 0.3 is 24.4 Å². The molecule has 0 radical (unpaired) electrons. The van der Waals surface area contributed by atoms with Gasteiger partial charge in [-0.2, -0.15) is 26.3 Å². The fourth-order valence-corrected chi connectivity index (χ4v) is 2.30. The van der Waals surface area contributed by atoms with Gasteiger partial charge in [0.15, 0.2) is 0 Å². The van der Waals surface area contributed by atoms with Gasteiger partial charge in [-0.15, -0.1) is 0 Å². The zero-order valence-electron chi connectivity index (χ0n) is 15.1. The lowest BCUT2D eigenvalue weighted by Crippen LogP contribution is -2.22. The number of amides is 1. The molecule has 166 valence electrons. The van der Waals surface area contributed by atoms with Crippen molar-refractivity contribution in [1.29, 1.82) is 0 Å². The van der Waals surface area contributed by atoms with Gasteiger partial charge < -0.3 is 4.74 Å². The predicted molar refractivity (Wildman–Crippen MR) is 94.3 cm³/mol. The Kier molecular flexibility index (Phi) is 7.10. The van der Waals surface area contributed by atoms with Crippen LogP contribution in [0.2, 0.25) is 5.02 Å². The molecule has 0 unspecified atom stereocenters. The van der Waals surface area contributed by atoms with Crippen LogP contribution < -0.4 is 5.32 Å². The molecule has 0 spiro atoms. The molecule has 14 heteroatoms. The van der Waals surface area contributed by atoms with Gasteiger partial charge in [0.2, 0.25) is 5.71 Å².